The molecular weight excluding hydrogens is 162 g/mol. The van der Waals surface area contributed by atoms with Crippen molar-refractivity contribution in [2.24, 2.45) is 5.92 Å². The van der Waals surface area contributed by atoms with E-state index < -0.39 is 0 Å². The molecule has 1 aliphatic rings. The molecule has 13 heavy (non-hydrogen) atoms. The zero-order valence-electron chi connectivity index (χ0n) is 9.39. The van der Waals surface area contributed by atoms with Gasteiger partial charge in [0.2, 0.25) is 0 Å². The fourth-order valence-corrected chi connectivity index (χ4v) is 1.97. The Labute approximate surface area is 82.0 Å². The zero-order chi connectivity index (χ0) is 9.90. The summed E-state index contributed by atoms with van der Waals surface area (Å²) in [7, 11) is 0. The number of piperidine rings is 1. The normalized spacial score (nSPS) is 23.1. The van der Waals surface area contributed by atoms with E-state index in [0.29, 0.717) is 6.10 Å². The molecule has 1 rings (SSSR count). The summed E-state index contributed by atoms with van der Waals surface area (Å²) in [6.07, 6.45) is 2.93. The summed E-state index contributed by atoms with van der Waals surface area (Å²) >= 11 is 0. The summed E-state index contributed by atoms with van der Waals surface area (Å²) < 4.78 is 5.95. The predicted molar refractivity (Wildman–Crippen MR) is 55.9 cm³/mol. The molecule has 0 aromatic carbocycles. The first-order chi connectivity index (χ1) is 5.99. The average Bonchev–Trinajstić information content (AvgIpc) is 2.03. The minimum Gasteiger partial charge on any atom is -0.373 e. The van der Waals surface area contributed by atoms with Gasteiger partial charge in [0, 0.05) is 0 Å². The maximum atomic E-state index is 5.95. The first-order valence-electron chi connectivity index (χ1n) is 5.37. The summed E-state index contributed by atoms with van der Waals surface area (Å²) in [5.41, 5.74) is 0.00426. The van der Waals surface area contributed by atoms with Crippen LogP contribution < -0.4 is 5.32 Å². The Kier molecular flexibility index (Phi) is 3.74. The van der Waals surface area contributed by atoms with Crippen molar-refractivity contribution >= 4 is 0 Å². The molecule has 1 heterocycles. The van der Waals surface area contributed by atoms with Crippen LogP contribution in [-0.2, 0) is 4.74 Å². The van der Waals surface area contributed by atoms with Gasteiger partial charge in [0.1, 0.15) is 0 Å². The van der Waals surface area contributed by atoms with Crippen LogP contribution in [0.1, 0.15) is 40.5 Å². The summed E-state index contributed by atoms with van der Waals surface area (Å²) in [5, 5.41) is 3.38. The van der Waals surface area contributed by atoms with Gasteiger partial charge >= 0.3 is 0 Å². The molecule has 0 saturated carbocycles. The molecule has 0 aromatic heterocycles. The Hall–Kier alpha value is -0.0800. The first kappa shape index (κ1) is 11.0. The van der Waals surface area contributed by atoms with Gasteiger partial charge in [0.25, 0.3) is 0 Å². The smallest absolute Gasteiger partial charge is 0.0602 e. The topological polar surface area (TPSA) is 21.3 Å². The Morgan fingerprint density at radius 2 is 1.77 bits per heavy atom. The van der Waals surface area contributed by atoms with Crippen LogP contribution in [0.5, 0.6) is 0 Å². The van der Waals surface area contributed by atoms with E-state index in [4.69, 9.17) is 4.74 Å². The van der Waals surface area contributed by atoms with Crippen LogP contribution in [0.4, 0.5) is 0 Å². The van der Waals surface area contributed by atoms with Gasteiger partial charge in [-0.15, -0.1) is 0 Å². The van der Waals surface area contributed by atoms with Crippen LogP contribution in [0.15, 0.2) is 0 Å². The molecular formula is C11H23NO. The van der Waals surface area contributed by atoms with Crippen LogP contribution in [-0.4, -0.2) is 24.8 Å². The molecule has 1 unspecified atom stereocenters. The summed E-state index contributed by atoms with van der Waals surface area (Å²) in [4.78, 5) is 0. The molecule has 78 valence electrons. The minimum atomic E-state index is 0.00426. The molecule has 1 N–H and O–H groups in total. The van der Waals surface area contributed by atoms with Gasteiger partial charge in [-0.25, -0.2) is 0 Å². The Morgan fingerprint density at radius 3 is 2.23 bits per heavy atom. The number of ether oxygens (including phenoxy) is 1. The van der Waals surface area contributed by atoms with E-state index >= 15 is 0 Å². The molecule has 1 fully saturated rings. The van der Waals surface area contributed by atoms with Gasteiger partial charge in [-0.1, -0.05) is 0 Å². The van der Waals surface area contributed by atoms with Crippen LogP contribution in [0.3, 0.4) is 0 Å². The van der Waals surface area contributed by atoms with Crippen molar-refractivity contribution in [1.82, 2.24) is 5.32 Å². The van der Waals surface area contributed by atoms with Crippen molar-refractivity contribution in [3.8, 4) is 0 Å². The fraction of sp³-hybridized carbons (Fsp3) is 1.00. The molecule has 1 atom stereocenters. The van der Waals surface area contributed by atoms with Crippen molar-refractivity contribution in [3.05, 3.63) is 0 Å². The summed E-state index contributed by atoms with van der Waals surface area (Å²) in [6, 6.07) is 0. The lowest BCUT2D eigenvalue weighted by Crippen LogP contribution is -2.37. The maximum absolute atomic E-state index is 5.95. The van der Waals surface area contributed by atoms with E-state index in [-0.39, 0.29) is 5.60 Å². The lowest BCUT2D eigenvalue weighted by atomic mass is 9.92. The average molecular weight is 185 g/mol. The molecule has 1 saturated heterocycles. The molecule has 0 aliphatic carbocycles. The quantitative estimate of drug-likeness (QED) is 0.712. The highest BCUT2D eigenvalue weighted by Crippen LogP contribution is 2.22. The molecule has 2 heteroatoms. The molecule has 0 radical (unpaired) electrons. The van der Waals surface area contributed by atoms with E-state index in [0.717, 1.165) is 19.0 Å². The molecule has 0 spiro atoms. The van der Waals surface area contributed by atoms with Crippen molar-refractivity contribution in [2.75, 3.05) is 13.1 Å². The third kappa shape index (κ3) is 4.10. The number of hydrogen-bond acceptors (Lipinski definition) is 2. The second kappa shape index (κ2) is 4.43. The van der Waals surface area contributed by atoms with Crippen LogP contribution in [0, 0.1) is 5.92 Å². The van der Waals surface area contributed by atoms with Crippen LogP contribution >= 0.6 is 0 Å². The second-order valence-electron chi connectivity index (χ2n) is 5.02. The maximum Gasteiger partial charge on any atom is 0.0602 e. The van der Waals surface area contributed by atoms with Crippen LogP contribution in [0.2, 0.25) is 0 Å². The lowest BCUT2D eigenvalue weighted by molar-refractivity contribution is -0.0805. The monoisotopic (exact) mass is 185 g/mol. The third-order valence-electron chi connectivity index (χ3n) is 2.59. The Morgan fingerprint density at radius 1 is 1.23 bits per heavy atom. The number of nitrogens with one attached hydrogen (secondary N) is 1. The summed E-state index contributed by atoms with van der Waals surface area (Å²) in [5.74, 6) is 0.750. The van der Waals surface area contributed by atoms with Crippen molar-refractivity contribution < 1.29 is 4.74 Å². The largest absolute Gasteiger partial charge is 0.373 e. The van der Waals surface area contributed by atoms with E-state index in [1.165, 1.54) is 12.8 Å². The van der Waals surface area contributed by atoms with Gasteiger partial charge in [0.15, 0.2) is 0 Å². The summed E-state index contributed by atoms with van der Waals surface area (Å²) in [6.45, 7) is 10.9. The third-order valence-corrected chi connectivity index (χ3v) is 2.59. The van der Waals surface area contributed by atoms with Gasteiger partial charge in [0.05, 0.1) is 11.7 Å². The van der Waals surface area contributed by atoms with Gasteiger partial charge in [-0.3, -0.25) is 0 Å². The van der Waals surface area contributed by atoms with E-state index in [2.05, 4.69) is 33.0 Å². The number of hydrogen-bond donors (Lipinski definition) is 1. The molecule has 0 amide bonds. The Bertz CT molecular complexity index is 145. The van der Waals surface area contributed by atoms with E-state index in [1.807, 2.05) is 0 Å². The van der Waals surface area contributed by atoms with Crippen molar-refractivity contribution in [1.29, 1.82) is 0 Å². The minimum absolute atomic E-state index is 0.00426. The second-order valence-corrected chi connectivity index (χ2v) is 5.02. The molecule has 0 bridgehead atoms. The number of rotatable bonds is 2. The van der Waals surface area contributed by atoms with Crippen molar-refractivity contribution in [2.45, 2.75) is 52.2 Å². The molecule has 0 aromatic rings. The Balaban J connectivity index is 2.33. The van der Waals surface area contributed by atoms with Gasteiger partial charge in [-0.05, 0) is 59.5 Å². The zero-order valence-corrected chi connectivity index (χ0v) is 9.39. The molecule has 1 aliphatic heterocycles. The highest BCUT2D eigenvalue weighted by atomic mass is 16.5. The predicted octanol–water partition coefficient (Wildman–Crippen LogP) is 2.19. The van der Waals surface area contributed by atoms with Gasteiger partial charge in [-0.2, -0.15) is 0 Å². The first-order valence-corrected chi connectivity index (χ1v) is 5.37. The standard InChI is InChI=1S/C11H23NO/c1-9(13-11(2,3)4)10-5-7-12-8-6-10/h9-10,12H,5-8H2,1-4H3. The van der Waals surface area contributed by atoms with Gasteiger partial charge < -0.3 is 10.1 Å². The van der Waals surface area contributed by atoms with Crippen LogP contribution in [0.25, 0.3) is 0 Å². The lowest BCUT2D eigenvalue weighted by Gasteiger charge is -2.33. The van der Waals surface area contributed by atoms with E-state index in [1.54, 1.807) is 0 Å². The fourth-order valence-electron chi connectivity index (χ4n) is 1.97. The highest BCUT2D eigenvalue weighted by molar-refractivity contribution is 4.75. The highest BCUT2D eigenvalue weighted by Gasteiger charge is 2.24. The molecule has 2 nitrogen and oxygen atoms in total. The SMILES string of the molecule is CC(OC(C)(C)C)C1CCNCC1. The van der Waals surface area contributed by atoms with E-state index in [9.17, 15) is 0 Å². The van der Waals surface area contributed by atoms with Crippen molar-refractivity contribution in [3.63, 3.8) is 0 Å².